The van der Waals surface area contributed by atoms with Gasteiger partial charge >= 0.3 is 0 Å². The molecule has 0 bridgehead atoms. The number of thiophene rings is 1. The number of hydrogen-bond donors (Lipinski definition) is 2. The maximum atomic E-state index is 11.8. The maximum Gasteiger partial charge on any atom is 0.261 e. The highest BCUT2D eigenvalue weighted by atomic mass is 32.1. The normalized spacial score (nSPS) is 14.1. The summed E-state index contributed by atoms with van der Waals surface area (Å²) in [5.41, 5.74) is 0. The van der Waals surface area contributed by atoms with Crippen LogP contribution in [0.5, 0.6) is 0 Å². The summed E-state index contributed by atoms with van der Waals surface area (Å²) in [6.07, 6.45) is 1.25. The monoisotopic (exact) mass is 265 g/mol. The Hall–Kier alpha value is -1.59. The first-order valence-electron chi connectivity index (χ1n) is 5.72. The molecular weight excluding hydrogens is 250 g/mol. The zero-order valence-corrected chi connectivity index (χ0v) is 10.8. The second kappa shape index (κ2) is 5.84. The highest BCUT2D eigenvalue weighted by Crippen LogP contribution is 2.18. The minimum atomic E-state index is -0.696. The Labute approximate surface area is 109 Å². The molecule has 2 atom stereocenters. The topological polar surface area (TPSA) is 62.5 Å². The summed E-state index contributed by atoms with van der Waals surface area (Å²) >= 11 is 1.40. The SMILES string of the molecule is CC(CC(O)c1ccco1)NC(=O)c1cccs1. The van der Waals surface area contributed by atoms with E-state index in [4.69, 9.17) is 4.42 Å². The van der Waals surface area contributed by atoms with E-state index in [9.17, 15) is 9.90 Å². The van der Waals surface area contributed by atoms with Crippen molar-refractivity contribution in [2.24, 2.45) is 0 Å². The van der Waals surface area contributed by atoms with E-state index in [0.29, 0.717) is 17.1 Å². The quantitative estimate of drug-likeness (QED) is 0.873. The van der Waals surface area contributed by atoms with Gasteiger partial charge in [-0.25, -0.2) is 0 Å². The number of rotatable bonds is 5. The Bertz CT molecular complexity index is 478. The van der Waals surface area contributed by atoms with Crippen molar-refractivity contribution in [3.05, 3.63) is 46.5 Å². The summed E-state index contributed by atoms with van der Waals surface area (Å²) in [6, 6.07) is 6.93. The van der Waals surface area contributed by atoms with Crippen LogP contribution in [0.3, 0.4) is 0 Å². The highest BCUT2D eigenvalue weighted by Gasteiger charge is 2.17. The molecule has 2 rings (SSSR count). The molecule has 2 unspecified atom stereocenters. The van der Waals surface area contributed by atoms with Crippen LogP contribution in [-0.2, 0) is 0 Å². The van der Waals surface area contributed by atoms with Gasteiger partial charge in [0, 0.05) is 12.5 Å². The molecule has 0 saturated heterocycles. The van der Waals surface area contributed by atoms with Crippen molar-refractivity contribution in [1.29, 1.82) is 0 Å². The fourth-order valence-corrected chi connectivity index (χ4v) is 2.32. The number of aliphatic hydroxyl groups excluding tert-OH is 1. The lowest BCUT2D eigenvalue weighted by molar-refractivity contribution is 0.0907. The van der Waals surface area contributed by atoms with E-state index in [-0.39, 0.29) is 11.9 Å². The summed E-state index contributed by atoms with van der Waals surface area (Å²) < 4.78 is 5.11. The zero-order valence-electron chi connectivity index (χ0n) is 10.00. The van der Waals surface area contributed by atoms with Gasteiger partial charge in [0.25, 0.3) is 5.91 Å². The average Bonchev–Trinajstić information content (AvgIpc) is 3.02. The molecule has 1 amide bonds. The lowest BCUT2D eigenvalue weighted by atomic mass is 10.1. The van der Waals surface area contributed by atoms with Crippen LogP contribution < -0.4 is 5.32 Å². The molecule has 0 spiro atoms. The molecule has 2 aromatic heterocycles. The van der Waals surface area contributed by atoms with Crippen LogP contribution in [0.15, 0.2) is 40.3 Å². The number of hydrogen-bond acceptors (Lipinski definition) is 4. The summed E-state index contributed by atoms with van der Waals surface area (Å²) in [5.74, 6) is 0.413. The largest absolute Gasteiger partial charge is 0.467 e. The first kappa shape index (κ1) is 12.9. The van der Waals surface area contributed by atoms with E-state index in [1.165, 1.54) is 17.6 Å². The van der Waals surface area contributed by atoms with Crippen LogP contribution in [0.4, 0.5) is 0 Å². The van der Waals surface area contributed by atoms with E-state index >= 15 is 0 Å². The van der Waals surface area contributed by atoms with Crippen LogP contribution in [0.2, 0.25) is 0 Å². The molecule has 0 saturated carbocycles. The molecule has 2 N–H and O–H groups in total. The Morgan fingerprint density at radius 3 is 2.94 bits per heavy atom. The van der Waals surface area contributed by atoms with Gasteiger partial charge in [0.2, 0.25) is 0 Å². The average molecular weight is 265 g/mol. The van der Waals surface area contributed by atoms with Crippen molar-refractivity contribution in [2.45, 2.75) is 25.5 Å². The Balaban J connectivity index is 1.85. The van der Waals surface area contributed by atoms with Gasteiger partial charge in [-0.2, -0.15) is 0 Å². The predicted octanol–water partition coefficient (Wildman–Crippen LogP) is 2.58. The molecule has 0 aliphatic rings. The van der Waals surface area contributed by atoms with Crippen molar-refractivity contribution >= 4 is 17.2 Å². The Morgan fingerprint density at radius 2 is 2.33 bits per heavy atom. The van der Waals surface area contributed by atoms with Gasteiger partial charge in [-0.1, -0.05) is 6.07 Å². The minimum absolute atomic E-state index is 0.107. The molecule has 0 aliphatic heterocycles. The molecule has 0 aromatic carbocycles. The number of furan rings is 1. The van der Waals surface area contributed by atoms with Crippen molar-refractivity contribution in [2.75, 3.05) is 0 Å². The first-order valence-corrected chi connectivity index (χ1v) is 6.60. The lowest BCUT2D eigenvalue weighted by Gasteiger charge is -2.16. The Kier molecular flexibility index (Phi) is 4.17. The lowest BCUT2D eigenvalue weighted by Crippen LogP contribution is -2.33. The molecule has 0 radical (unpaired) electrons. The predicted molar refractivity (Wildman–Crippen MR) is 69.5 cm³/mol. The van der Waals surface area contributed by atoms with Crippen LogP contribution in [-0.4, -0.2) is 17.1 Å². The van der Waals surface area contributed by atoms with Crippen molar-refractivity contribution in [1.82, 2.24) is 5.32 Å². The molecule has 0 fully saturated rings. The van der Waals surface area contributed by atoms with Gasteiger partial charge in [0.1, 0.15) is 11.9 Å². The van der Waals surface area contributed by atoms with Gasteiger partial charge < -0.3 is 14.8 Å². The van der Waals surface area contributed by atoms with Crippen molar-refractivity contribution < 1.29 is 14.3 Å². The standard InChI is InChI=1S/C13H15NO3S/c1-9(8-10(15)11-4-2-6-17-11)14-13(16)12-5-3-7-18-12/h2-7,9-10,15H,8H2,1H3,(H,14,16). The van der Waals surface area contributed by atoms with Crippen molar-refractivity contribution in [3.8, 4) is 0 Å². The first-order chi connectivity index (χ1) is 8.66. The van der Waals surface area contributed by atoms with Gasteiger partial charge in [-0.3, -0.25) is 4.79 Å². The second-order valence-electron chi connectivity index (χ2n) is 4.12. The molecule has 0 aliphatic carbocycles. The third kappa shape index (κ3) is 3.21. The second-order valence-corrected chi connectivity index (χ2v) is 5.07. The third-order valence-corrected chi connectivity index (χ3v) is 3.44. The molecule has 4 nitrogen and oxygen atoms in total. The van der Waals surface area contributed by atoms with E-state index in [0.717, 1.165) is 0 Å². The molecule has 2 heterocycles. The fraction of sp³-hybridized carbons (Fsp3) is 0.308. The minimum Gasteiger partial charge on any atom is -0.467 e. The smallest absolute Gasteiger partial charge is 0.261 e. The number of amides is 1. The van der Waals surface area contributed by atoms with E-state index in [2.05, 4.69) is 5.32 Å². The number of aliphatic hydroxyl groups is 1. The van der Waals surface area contributed by atoms with Gasteiger partial charge in [-0.15, -0.1) is 11.3 Å². The molecular formula is C13H15NO3S. The number of nitrogens with one attached hydrogen (secondary N) is 1. The summed E-state index contributed by atoms with van der Waals surface area (Å²) in [7, 11) is 0. The fourth-order valence-electron chi connectivity index (χ4n) is 1.69. The molecule has 2 aromatic rings. The Morgan fingerprint density at radius 1 is 1.50 bits per heavy atom. The molecule has 18 heavy (non-hydrogen) atoms. The molecule has 5 heteroatoms. The number of carbonyl (C=O) groups is 1. The summed E-state index contributed by atoms with van der Waals surface area (Å²) in [5, 5.41) is 14.6. The summed E-state index contributed by atoms with van der Waals surface area (Å²) in [4.78, 5) is 12.5. The van der Waals surface area contributed by atoms with Crippen molar-refractivity contribution in [3.63, 3.8) is 0 Å². The van der Waals surface area contributed by atoms with Crippen LogP contribution in [0.25, 0.3) is 0 Å². The zero-order chi connectivity index (χ0) is 13.0. The summed E-state index contributed by atoms with van der Waals surface area (Å²) in [6.45, 7) is 1.86. The van der Waals surface area contributed by atoms with Gasteiger partial charge in [0.05, 0.1) is 11.1 Å². The number of carbonyl (C=O) groups excluding carboxylic acids is 1. The van der Waals surface area contributed by atoms with Crippen LogP contribution >= 0.6 is 11.3 Å². The maximum absolute atomic E-state index is 11.8. The van der Waals surface area contributed by atoms with E-state index < -0.39 is 6.10 Å². The highest BCUT2D eigenvalue weighted by molar-refractivity contribution is 7.12. The van der Waals surface area contributed by atoms with Gasteiger partial charge in [0.15, 0.2) is 0 Å². The van der Waals surface area contributed by atoms with E-state index in [1.54, 1.807) is 18.2 Å². The van der Waals surface area contributed by atoms with Gasteiger partial charge in [-0.05, 0) is 30.5 Å². The molecule has 96 valence electrons. The third-order valence-electron chi connectivity index (χ3n) is 2.57. The van der Waals surface area contributed by atoms with E-state index in [1.807, 2.05) is 18.4 Å². The van der Waals surface area contributed by atoms with Crippen LogP contribution in [0, 0.1) is 0 Å². The van der Waals surface area contributed by atoms with Crippen LogP contribution in [0.1, 0.15) is 34.9 Å².